The van der Waals surface area contributed by atoms with Gasteiger partial charge in [-0.05, 0) is 30.7 Å². The van der Waals surface area contributed by atoms with Crippen LogP contribution in [-0.2, 0) is 0 Å². The molecule has 3 rings (SSSR count). The number of anilines is 2. The van der Waals surface area contributed by atoms with Crippen LogP contribution in [0.4, 0.5) is 11.4 Å². The second kappa shape index (κ2) is 5.66. The number of fused-ring (bicyclic) bond motifs is 1. The number of para-hydroxylation sites is 2. The van der Waals surface area contributed by atoms with E-state index >= 15 is 0 Å². The van der Waals surface area contributed by atoms with E-state index < -0.39 is 0 Å². The van der Waals surface area contributed by atoms with E-state index in [2.05, 4.69) is 10.6 Å². The lowest BCUT2D eigenvalue weighted by Crippen LogP contribution is -2.22. The molecule has 0 fully saturated rings. The molecule has 0 atom stereocenters. The van der Waals surface area contributed by atoms with Gasteiger partial charge < -0.3 is 15.4 Å². The molecule has 0 aromatic heterocycles. The van der Waals surface area contributed by atoms with Crippen LogP contribution in [0.5, 0.6) is 5.75 Å². The van der Waals surface area contributed by atoms with Gasteiger partial charge in [-0.2, -0.15) is 0 Å². The minimum absolute atomic E-state index is 0.230. The van der Waals surface area contributed by atoms with Gasteiger partial charge in [0.1, 0.15) is 6.61 Å². The Balaban J connectivity index is 1.93. The molecular weight excluding hydrogens is 288 g/mol. The first-order valence-electron chi connectivity index (χ1n) is 6.73. The highest BCUT2D eigenvalue weighted by molar-refractivity contribution is 6.34. The number of rotatable bonds is 2. The molecule has 0 radical (unpaired) electrons. The lowest BCUT2D eigenvalue weighted by atomic mass is 10.1. The quantitative estimate of drug-likeness (QED) is 0.889. The third-order valence-electron chi connectivity index (χ3n) is 3.38. The van der Waals surface area contributed by atoms with E-state index in [9.17, 15) is 4.79 Å². The average molecular weight is 303 g/mol. The Morgan fingerprint density at radius 1 is 1.29 bits per heavy atom. The van der Waals surface area contributed by atoms with E-state index in [-0.39, 0.29) is 5.91 Å². The molecule has 21 heavy (non-hydrogen) atoms. The predicted octanol–water partition coefficient (Wildman–Crippen LogP) is 3.71. The number of carbonyl (C=O) groups is 1. The number of hydrogen-bond acceptors (Lipinski definition) is 3. The van der Waals surface area contributed by atoms with Crippen molar-refractivity contribution < 1.29 is 9.53 Å². The highest BCUT2D eigenvalue weighted by atomic mass is 35.5. The summed E-state index contributed by atoms with van der Waals surface area (Å²) in [5, 5.41) is 6.60. The summed E-state index contributed by atoms with van der Waals surface area (Å²) in [4.78, 5) is 12.5. The van der Waals surface area contributed by atoms with E-state index in [1.165, 1.54) is 0 Å². The second-order valence-corrected chi connectivity index (χ2v) is 5.25. The van der Waals surface area contributed by atoms with Crippen molar-refractivity contribution in [2.45, 2.75) is 6.92 Å². The zero-order valence-corrected chi connectivity index (χ0v) is 12.3. The molecule has 5 heteroatoms. The molecule has 0 spiro atoms. The highest BCUT2D eigenvalue weighted by Crippen LogP contribution is 2.33. The van der Waals surface area contributed by atoms with Gasteiger partial charge in [0.25, 0.3) is 5.91 Å². The fourth-order valence-electron chi connectivity index (χ4n) is 2.32. The summed E-state index contributed by atoms with van der Waals surface area (Å²) in [6.45, 7) is 3.18. The van der Waals surface area contributed by atoms with Crippen LogP contribution in [0.1, 0.15) is 15.9 Å². The van der Waals surface area contributed by atoms with E-state index in [1.54, 1.807) is 12.1 Å². The maximum absolute atomic E-state index is 12.5. The lowest BCUT2D eigenvalue weighted by Gasteiger charge is -2.21. The number of carbonyl (C=O) groups excluding carboxylic acids is 1. The first-order chi connectivity index (χ1) is 10.2. The smallest absolute Gasteiger partial charge is 0.259 e. The Morgan fingerprint density at radius 2 is 2.10 bits per heavy atom. The first kappa shape index (κ1) is 13.8. The summed E-state index contributed by atoms with van der Waals surface area (Å²) in [5.74, 6) is 0.359. The number of ether oxygens (including phenoxy) is 1. The molecular formula is C16H15ClN2O2. The fraction of sp³-hybridized carbons (Fsp3) is 0.188. The largest absolute Gasteiger partial charge is 0.489 e. The topological polar surface area (TPSA) is 50.4 Å². The van der Waals surface area contributed by atoms with Crippen molar-refractivity contribution >= 4 is 28.9 Å². The van der Waals surface area contributed by atoms with E-state index in [0.717, 1.165) is 17.8 Å². The van der Waals surface area contributed by atoms with Crippen LogP contribution >= 0.6 is 11.6 Å². The summed E-state index contributed by atoms with van der Waals surface area (Å²) >= 11 is 6.15. The molecule has 0 saturated carbocycles. The third-order valence-corrected chi connectivity index (χ3v) is 3.70. The maximum Gasteiger partial charge on any atom is 0.259 e. The first-order valence-corrected chi connectivity index (χ1v) is 7.11. The summed E-state index contributed by atoms with van der Waals surface area (Å²) < 4.78 is 5.62. The van der Waals surface area contributed by atoms with E-state index in [1.807, 2.05) is 31.2 Å². The van der Waals surface area contributed by atoms with Crippen LogP contribution in [0.15, 0.2) is 36.4 Å². The molecule has 1 aliphatic rings. The highest BCUT2D eigenvalue weighted by Gasteiger charge is 2.20. The average Bonchev–Trinajstić information content (AvgIpc) is 2.50. The Bertz CT molecular complexity index is 680. The molecule has 0 aliphatic carbocycles. The van der Waals surface area contributed by atoms with Gasteiger partial charge in [0, 0.05) is 6.54 Å². The van der Waals surface area contributed by atoms with Gasteiger partial charge in [0.05, 0.1) is 22.0 Å². The summed E-state index contributed by atoms with van der Waals surface area (Å²) in [5.41, 5.74) is 2.88. The minimum Gasteiger partial charge on any atom is -0.489 e. The number of hydrogen-bond donors (Lipinski definition) is 2. The number of amides is 1. The van der Waals surface area contributed by atoms with Gasteiger partial charge in [-0.15, -0.1) is 0 Å². The number of halogens is 1. The Morgan fingerprint density at radius 3 is 2.90 bits per heavy atom. The summed E-state index contributed by atoms with van der Waals surface area (Å²) in [7, 11) is 0. The maximum atomic E-state index is 12.5. The molecule has 1 amide bonds. The van der Waals surface area contributed by atoms with Gasteiger partial charge in [-0.3, -0.25) is 4.79 Å². The molecule has 0 bridgehead atoms. The standard InChI is InChI=1S/C16H15ClN2O2/c1-10-4-2-6-12(17)14(10)19-16(20)11-5-3-7-13-15(11)21-9-8-18-13/h2-7,18H,8-9H2,1H3,(H,19,20). The number of nitrogens with one attached hydrogen (secondary N) is 2. The SMILES string of the molecule is Cc1cccc(Cl)c1NC(=O)c1cccc2c1OCCN2. The molecule has 1 heterocycles. The van der Waals surface area contributed by atoms with Gasteiger partial charge >= 0.3 is 0 Å². The zero-order valence-electron chi connectivity index (χ0n) is 11.6. The molecule has 108 valence electrons. The van der Waals surface area contributed by atoms with E-state index in [4.69, 9.17) is 16.3 Å². The Hall–Kier alpha value is -2.20. The number of aryl methyl sites for hydroxylation is 1. The van der Waals surface area contributed by atoms with E-state index in [0.29, 0.717) is 28.6 Å². The normalized spacial score (nSPS) is 12.9. The van der Waals surface area contributed by atoms with Crippen molar-refractivity contribution in [3.63, 3.8) is 0 Å². The van der Waals surface area contributed by atoms with Gasteiger partial charge in [0.2, 0.25) is 0 Å². The van der Waals surface area contributed by atoms with Crippen LogP contribution in [0.2, 0.25) is 5.02 Å². The monoisotopic (exact) mass is 302 g/mol. The zero-order chi connectivity index (χ0) is 14.8. The predicted molar refractivity (Wildman–Crippen MR) is 84.6 cm³/mol. The van der Waals surface area contributed by atoms with Crippen molar-refractivity contribution in [3.05, 3.63) is 52.5 Å². The summed E-state index contributed by atoms with van der Waals surface area (Å²) in [6, 6.07) is 11.0. The van der Waals surface area contributed by atoms with Crippen LogP contribution < -0.4 is 15.4 Å². The van der Waals surface area contributed by atoms with Gasteiger partial charge in [-0.25, -0.2) is 0 Å². The van der Waals surface area contributed by atoms with Crippen LogP contribution in [-0.4, -0.2) is 19.1 Å². The van der Waals surface area contributed by atoms with Gasteiger partial charge in [-0.1, -0.05) is 29.8 Å². The molecule has 2 aromatic rings. The second-order valence-electron chi connectivity index (χ2n) is 4.84. The fourth-order valence-corrected chi connectivity index (χ4v) is 2.59. The third kappa shape index (κ3) is 2.67. The molecule has 4 nitrogen and oxygen atoms in total. The molecule has 0 saturated heterocycles. The Kier molecular flexibility index (Phi) is 3.71. The molecule has 0 unspecified atom stereocenters. The van der Waals surface area contributed by atoms with Crippen molar-refractivity contribution in [2.75, 3.05) is 23.8 Å². The molecule has 2 N–H and O–H groups in total. The minimum atomic E-state index is -0.230. The molecule has 2 aromatic carbocycles. The van der Waals surface area contributed by atoms with Crippen molar-refractivity contribution in [1.82, 2.24) is 0 Å². The van der Waals surface area contributed by atoms with Crippen LogP contribution in [0.3, 0.4) is 0 Å². The van der Waals surface area contributed by atoms with Crippen LogP contribution in [0, 0.1) is 6.92 Å². The van der Waals surface area contributed by atoms with Crippen molar-refractivity contribution in [1.29, 1.82) is 0 Å². The lowest BCUT2D eigenvalue weighted by molar-refractivity contribution is 0.102. The van der Waals surface area contributed by atoms with Crippen LogP contribution in [0.25, 0.3) is 0 Å². The number of benzene rings is 2. The van der Waals surface area contributed by atoms with Crippen molar-refractivity contribution in [3.8, 4) is 5.75 Å². The molecule has 1 aliphatic heterocycles. The van der Waals surface area contributed by atoms with Gasteiger partial charge in [0.15, 0.2) is 5.75 Å². The summed E-state index contributed by atoms with van der Waals surface area (Å²) in [6.07, 6.45) is 0. The van der Waals surface area contributed by atoms with Crippen molar-refractivity contribution in [2.24, 2.45) is 0 Å². The Labute approximate surface area is 128 Å².